The number of aryl methyl sites for hydroxylation is 2. The van der Waals surface area contributed by atoms with Gasteiger partial charge in [0.1, 0.15) is 12.6 Å². The number of hydrogen-bond donors (Lipinski definition) is 1. The van der Waals surface area contributed by atoms with Gasteiger partial charge in [-0.1, -0.05) is 55.0 Å². The van der Waals surface area contributed by atoms with Crippen molar-refractivity contribution in [2.45, 2.75) is 66.1 Å². The first-order valence-electron chi connectivity index (χ1n) is 11.4. The molecule has 0 bridgehead atoms. The molecule has 0 spiro atoms. The predicted octanol–water partition coefficient (Wildman–Crippen LogP) is 3.79. The van der Waals surface area contributed by atoms with Crippen molar-refractivity contribution in [3.63, 3.8) is 0 Å². The van der Waals surface area contributed by atoms with E-state index in [1.165, 1.54) is 4.90 Å². The first kappa shape index (κ1) is 27.4. The zero-order chi connectivity index (χ0) is 25.7. The van der Waals surface area contributed by atoms with Gasteiger partial charge in [-0.3, -0.25) is 13.9 Å². The van der Waals surface area contributed by atoms with Crippen LogP contribution in [-0.4, -0.2) is 49.5 Å². The quantitative estimate of drug-likeness (QED) is 0.583. The predicted molar refractivity (Wildman–Crippen MR) is 137 cm³/mol. The molecule has 0 aliphatic heterocycles. The minimum Gasteiger partial charge on any atom is -0.350 e. The van der Waals surface area contributed by atoms with Crippen LogP contribution in [0.2, 0.25) is 0 Å². The van der Waals surface area contributed by atoms with Crippen molar-refractivity contribution in [2.24, 2.45) is 0 Å². The van der Waals surface area contributed by atoms with Gasteiger partial charge in [-0.05, 0) is 58.2 Å². The van der Waals surface area contributed by atoms with Crippen molar-refractivity contribution in [1.82, 2.24) is 10.2 Å². The number of anilines is 1. The maximum absolute atomic E-state index is 13.7. The molecule has 34 heavy (non-hydrogen) atoms. The molecule has 0 heterocycles. The fourth-order valence-electron chi connectivity index (χ4n) is 3.83. The van der Waals surface area contributed by atoms with Gasteiger partial charge < -0.3 is 10.2 Å². The summed E-state index contributed by atoms with van der Waals surface area (Å²) in [7, 11) is -3.75. The van der Waals surface area contributed by atoms with E-state index in [1.54, 1.807) is 6.07 Å². The normalized spacial score (nSPS) is 12.7. The molecule has 1 atom stereocenters. The maximum Gasteiger partial charge on any atom is 0.244 e. The molecule has 0 aliphatic rings. The zero-order valence-electron chi connectivity index (χ0n) is 21.3. The summed E-state index contributed by atoms with van der Waals surface area (Å²) in [5.41, 5.74) is 2.59. The van der Waals surface area contributed by atoms with Crippen LogP contribution in [0, 0.1) is 13.8 Å². The van der Waals surface area contributed by atoms with Crippen molar-refractivity contribution in [2.75, 3.05) is 17.1 Å². The van der Waals surface area contributed by atoms with Gasteiger partial charge in [0, 0.05) is 12.1 Å². The Balaban J connectivity index is 2.46. The molecular formula is C26H37N3O4S. The third kappa shape index (κ3) is 7.58. The Bertz CT molecular complexity index is 1110. The van der Waals surface area contributed by atoms with E-state index in [9.17, 15) is 18.0 Å². The number of rotatable bonds is 9. The molecule has 0 saturated heterocycles. The van der Waals surface area contributed by atoms with E-state index >= 15 is 0 Å². The summed E-state index contributed by atoms with van der Waals surface area (Å²) < 4.78 is 26.6. The minimum atomic E-state index is -3.75. The first-order chi connectivity index (χ1) is 15.7. The maximum atomic E-state index is 13.7. The molecule has 1 N–H and O–H groups in total. The first-order valence-corrected chi connectivity index (χ1v) is 13.3. The van der Waals surface area contributed by atoms with E-state index in [1.807, 2.05) is 84.0 Å². The van der Waals surface area contributed by atoms with E-state index in [4.69, 9.17) is 0 Å². The van der Waals surface area contributed by atoms with Gasteiger partial charge in [-0.25, -0.2) is 8.42 Å². The number of hydrogen-bond acceptors (Lipinski definition) is 4. The molecule has 186 valence electrons. The highest BCUT2D eigenvalue weighted by molar-refractivity contribution is 7.92. The van der Waals surface area contributed by atoms with Crippen LogP contribution in [0.4, 0.5) is 5.69 Å². The second kappa shape index (κ2) is 11.0. The van der Waals surface area contributed by atoms with Crippen molar-refractivity contribution in [3.8, 4) is 0 Å². The summed E-state index contributed by atoms with van der Waals surface area (Å²) in [6.45, 7) is 11.0. The lowest BCUT2D eigenvalue weighted by Crippen LogP contribution is -2.55. The van der Waals surface area contributed by atoms with Gasteiger partial charge in [0.2, 0.25) is 21.8 Å². The van der Waals surface area contributed by atoms with Gasteiger partial charge in [0.15, 0.2) is 0 Å². The molecule has 1 unspecified atom stereocenters. The topological polar surface area (TPSA) is 86.8 Å². The van der Waals surface area contributed by atoms with Crippen molar-refractivity contribution in [3.05, 3.63) is 65.2 Å². The highest BCUT2D eigenvalue weighted by Crippen LogP contribution is 2.24. The zero-order valence-corrected chi connectivity index (χ0v) is 22.1. The molecular weight excluding hydrogens is 450 g/mol. The van der Waals surface area contributed by atoms with Gasteiger partial charge in [0.05, 0.1) is 11.9 Å². The third-order valence-electron chi connectivity index (χ3n) is 5.38. The van der Waals surface area contributed by atoms with Crippen LogP contribution in [0.3, 0.4) is 0 Å². The molecule has 0 radical (unpaired) electrons. The van der Waals surface area contributed by atoms with E-state index in [-0.39, 0.29) is 12.5 Å². The van der Waals surface area contributed by atoms with Crippen LogP contribution in [0.5, 0.6) is 0 Å². The minimum absolute atomic E-state index is 0.195. The summed E-state index contributed by atoms with van der Waals surface area (Å²) in [4.78, 5) is 28.3. The average molecular weight is 488 g/mol. The van der Waals surface area contributed by atoms with Crippen LogP contribution in [-0.2, 0) is 26.2 Å². The molecule has 2 aromatic rings. The number of benzene rings is 2. The lowest BCUT2D eigenvalue weighted by molar-refractivity contribution is -0.141. The highest BCUT2D eigenvalue weighted by Gasteiger charge is 2.33. The molecule has 2 aromatic carbocycles. The van der Waals surface area contributed by atoms with Crippen molar-refractivity contribution in [1.29, 1.82) is 0 Å². The third-order valence-corrected chi connectivity index (χ3v) is 6.51. The smallest absolute Gasteiger partial charge is 0.244 e. The molecule has 2 amide bonds. The van der Waals surface area contributed by atoms with Crippen molar-refractivity contribution >= 4 is 27.5 Å². The number of nitrogens with one attached hydrogen (secondary N) is 1. The summed E-state index contributed by atoms with van der Waals surface area (Å²) >= 11 is 0. The molecule has 0 fully saturated rings. The highest BCUT2D eigenvalue weighted by atomic mass is 32.2. The Labute approximate surface area is 204 Å². The lowest BCUT2D eigenvalue weighted by atomic mass is 10.1. The van der Waals surface area contributed by atoms with Crippen LogP contribution < -0.4 is 9.62 Å². The van der Waals surface area contributed by atoms with Crippen molar-refractivity contribution < 1.29 is 18.0 Å². The Hall–Kier alpha value is -2.87. The second-order valence-electron chi connectivity index (χ2n) is 9.73. The number of amides is 2. The van der Waals surface area contributed by atoms with Crippen LogP contribution in [0.15, 0.2) is 48.5 Å². The molecule has 0 aromatic heterocycles. The van der Waals surface area contributed by atoms with Crippen LogP contribution in [0.25, 0.3) is 0 Å². The molecule has 8 heteroatoms. The lowest BCUT2D eigenvalue weighted by Gasteiger charge is -2.34. The summed E-state index contributed by atoms with van der Waals surface area (Å²) in [6, 6.07) is 14.0. The molecule has 0 saturated carbocycles. The standard InChI is InChI=1S/C26H37N3O4S/c1-8-22(25(31)27-26(4,5)6)28(17-21-12-10-9-11-13-21)24(30)18-29(34(7,32)33)23-15-14-19(2)16-20(23)3/h9-16,22H,8,17-18H2,1-7H3,(H,27,31). The largest absolute Gasteiger partial charge is 0.350 e. The Morgan fingerprint density at radius 3 is 2.15 bits per heavy atom. The number of carbonyl (C=O) groups is 2. The van der Waals surface area contributed by atoms with E-state index in [0.29, 0.717) is 12.1 Å². The van der Waals surface area contributed by atoms with Gasteiger partial charge in [-0.2, -0.15) is 0 Å². The number of nitrogens with zero attached hydrogens (tertiary/aromatic N) is 2. The van der Waals surface area contributed by atoms with Gasteiger partial charge >= 0.3 is 0 Å². The number of sulfonamides is 1. The SMILES string of the molecule is CCC(C(=O)NC(C)(C)C)N(Cc1ccccc1)C(=O)CN(c1ccc(C)cc1C)S(C)(=O)=O. The van der Waals surface area contributed by atoms with E-state index in [2.05, 4.69) is 5.32 Å². The number of carbonyl (C=O) groups excluding carboxylic acids is 2. The fourth-order valence-corrected chi connectivity index (χ4v) is 4.74. The Morgan fingerprint density at radius 2 is 1.65 bits per heavy atom. The average Bonchev–Trinajstić information content (AvgIpc) is 2.71. The van der Waals surface area contributed by atoms with Gasteiger partial charge in [0.25, 0.3) is 0 Å². The molecule has 2 rings (SSSR count). The summed E-state index contributed by atoms with van der Waals surface area (Å²) in [6.07, 6.45) is 1.48. The summed E-state index contributed by atoms with van der Waals surface area (Å²) in [5, 5.41) is 2.96. The van der Waals surface area contributed by atoms with E-state index in [0.717, 1.165) is 27.3 Å². The fraction of sp³-hybridized carbons (Fsp3) is 0.462. The van der Waals surface area contributed by atoms with Crippen LogP contribution in [0.1, 0.15) is 50.8 Å². The molecule has 0 aliphatic carbocycles. The molecule has 7 nitrogen and oxygen atoms in total. The van der Waals surface area contributed by atoms with Crippen LogP contribution >= 0.6 is 0 Å². The second-order valence-corrected chi connectivity index (χ2v) is 11.6. The summed E-state index contributed by atoms with van der Waals surface area (Å²) in [5.74, 6) is -0.707. The van der Waals surface area contributed by atoms with Gasteiger partial charge in [-0.15, -0.1) is 0 Å². The van der Waals surface area contributed by atoms with E-state index < -0.39 is 34.1 Å². The Kier molecular flexibility index (Phi) is 8.89. The Morgan fingerprint density at radius 1 is 1.03 bits per heavy atom. The monoisotopic (exact) mass is 487 g/mol.